The second kappa shape index (κ2) is 5.22. The number of carboxylic acid groups (broad SMARTS) is 2. The van der Waals surface area contributed by atoms with Crippen molar-refractivity contribution in [1.29, 1.82) is 0 Å². The molecule has 0 saturated carbocycles. The standard InChI is InChI=1S/C12H8BrClO5/c13-7(11(15)16)4-6-5-2-1-3-8(14)9(5)19-10(6)12(17)18/h1-3,7H,4H2,(H,15,16)(H,17,18). The van der Waals surface area contributed by atoms with Crippen LogP contribution in [0.1, 0.15) is 16.1 Å². The van der Waals surface area contributed by atoms with Gasteiger partial charge in [0.15, 0.2) is 5.58 Å². The molecular weight excluding hydrogens is 339 g/mol. The number of benzene rings is 1. The fourth-order valence-electron chi connectivity index (χ4n) is 1.78. The van der Waals surface area contributed by atoms with Crippen LogP contribution in [0.5, 0.6) is 0 Å². The Morgan fingerprint density at radius 2 is 2.05 bits per heavy atom. The molecule has 2 rings (SSSR count). The lowest BCUT2D eigenvalue weighted by molar-refractivity contribution is -0.136. The number of carboxylic acids is 2. The van der Waals surface area contributed by atoms with Gasteiger partial charge in [-0.15, -0.1) is 0 Å². The van der Waals surface area contributed by atoms with E-state index in [0.29, 0.717) is 10.9 Å². The maximum absolute atomic E-state index is 11.2. The zero-order chi connectivity index (χ0) is 14.2. The Morgan fingerprint density at radius 3 is 2.63 bits per heavy atom. The van der Waals surface area contributed by atoms with Gasteiger partial charge in [-0.05, 0) is 6.07 Å². The topological polar surface area (TPSA) is 87.7 Å². The molecule has 0 fully saturated rings. The molecule has 0 aliphatic heterocycles. The Bertz CT molecular complexity index is 663. The summed E-state index contributed by atoms with van der Waals surface area (Å²) in [6.07, 6.45) is -0.00961. The third kappa shape index (κ3) is 2.59. The summed E-state index contributed by atoms with van der Waals surface area (Å²) in [6, 6.07) is 4.87. The first-order valence-electron chi connectivity index (χ1n) is 5.22. The second-order valence-electron chi connectivity index (χ2n) is 3.84. The Kier molecular flexibility index (Phi) is 3.82. The van der Waals surface area contributed by atoms with Crippen LogP contribution in [-0.2, 0) is 11.2 Å². The second-order valence-corrected chi connectivity index (χ2v) is 5.35. The lowest BCUT2D eigenvalue weighted by Crippen LogP contribution is -2.16. The normalized spacial score (nSPS) is 12.5. The first-order chi connectivity index (χ1) is 8.91. The van der Waals surface area contributed by atoms with E-state index in [4.69, 9.17) is 26.2 Å². The highest BCUT2D eigenvalue weighted by Crippen LogP contribution is 2.32. The first kappa shape index (κ1) is 13.9. The number of aliphatic carboxylic acids is 1. The maximum Gasteiger partial charge on any atom is 0.372 e. The minimum absolute atomic E-state index is 0.00961. The Hall–Kier alpha value is -1.53. The molecule has 0 spiro atoms. The predicted molar refractivity (Wildman–Crippen MR) is 72.2 cm³/mol. The number of furan rings is 1. The van der Waals surface area contributed by atoms with Crippen LogP contribution in [-0.4, -0.2) is 27.0 Å². The van der Waals surface area contributed by atoms with Gasteiger partial charge < -0.3 is 14.6 Å². The van der Waals surface area contributed by atoms with Crippen molar-refractivity contribution in [3.63, 3.8) is 0 Å². The van der Waals surface area contributed by atoms with Crippen LogP contribution in [0.3, 0.4) is 0 Å². The van der Waals surface area contributed by atoms with Crippen LogP contribution >= 0.6 is 27.5 Å². The average Bonchev–Trinajstić information content (AvgIpc) is 2.70. The van der Waals surface area contributed by atoms with Gasteiger partial charge in [0.25, 0.3) is 0 Å². The monoisotopic (exact) mass is 346 g/mol. The first-order valence-corrected chi connectivity index (χ1v) is 6.51. The van der Waals surface area contributed by atoms with Crippen molar-refractivity contribution in [2.24, 2.45) is 0 Å². The molecule has 0 aliphatic carbocycles. The van der Waals surface area contributed by atoms with Crippen molar-refractivity contribution in [3.05, 3.63) is 34.5 Å². The van der Waals surface area contributed by atoms with Gasteiger partial charge in [-0.2, -0.15) is 0 Å². The molecular formula is C12H8BrClO5. The Balaban J connectivity index is 2.62. The minimum Gasteiger partial charge on any atom is -0.480 e. The molecule has 1 aromatic heterocycles. The van der Waals surface area contributed by atoms with Crippen molar-refractivity contribution >= 4 is 50.4 Å². The number of carbonyl (C=O) groups is 2. The number of hydrogen-bond acceptors (Lipinski definition) is 3. The molecule has 2 aromatic rings. The fraction of sp³-hybridized carbons (Fsp3) is 0.167. The molecule has 1 atom stereocenters. The van der Waals surface area contributed by atoms with Gasteiger partial charge in [-0.25, -0.2) is 4.79 Å². The summed E-state index contributed by atoms with van der Waals surface area (Å²) in [5.41, 5.74) is 0.566. The van der Waals surface area contributed by atoms with Crippen molar-refractivity contribution in [1.82, 2.24) is 0 Å². The van der Waals surface area contributed by atoms with Crippen LogP contribution in [0.25, 0.3) is 11.0 Å². The highest BCUT2D eigenvalue weighted by atomic mass is 79.9. The molecule has 19 heavy (non-hydrogen) atoms. The summed E-state index contributed by atoms with van der Waals surface area (Å²) >= 11 is 8.92. The van der Waals surface area contributed by atoms with Crippen molar-refractivity contribution in [3.8, 4) is 0 Å². The van der Waals surface area contributed by atoms with E-state index in [1.54, 1.807) is 18.2 Å². The van der Waals surface area contributed by atoms with Crippen LogP contribution in [0.2, 0.25) is 5.02 Å². The van der Waals surface area contributed by atoms with E-state index in [1.165, 1.54) is 0 Å². The van der Waals surface area contributed by atoms with Gasteiger partial charge in [0.2, 0.25) is 5.76 Å². The summed E-state index contributed by atoms with van der Waals surface area (Å²) < 4.78 is 5.23. The van der Waals surface area contributed by atoms with Gasteiger partial charge in [0, 0.05) is 17.4 Å². The Morgan fingerprint density at radius 1 is 1.37 bits per heavy atom. The number of para-hydroxylation sites is 1. The maximum atomic E-state index is 11.2. The number of hydrogen-bond donors (Lipinski definition) is 2. The van der Waals surface area contributed by atoms with Gasteiger partial charge in [-0.1, -0.05) is 39.7 Å². The molecule has 2 N–H and O–H groups in total. The summed E-state index contributed by atoms with van der Waals surface area (Å²) in [5.74, 6) is -2.62. The zero-order valence-corrected chi connectivity index (χ0v) is 11.7. The highest BCUT2D eigenvalue weighted by Gasteiger charge is 2.25. The molecule has 7 heteroatoms. The molecule has 0 aliphatic rings. The molecule has 5 nitrogen and oxygen atoms in total. The van der Waals surface area contributed by atoms with Crippen LogP contribution in [0.15, 0.2) is 22.6 Å². The van der Waals surface area contributed by atoms with Gasteiger partial charge in [-0.3, -0.25) is 4.79 Å². The lowest BCUT2D eigenvalue weighted by atomic mass is 10.1. The Labute approximate surface area is 120 Å². The van der Waals surface area contributed by atoms with Crippen molar-refractivity contribution in [2.45, 2.75) is 11.2 Å². The number of halogens is 2. The van der Waals surface area contributed by atoms with E-state index in [9.17, 15) is 9.59 Å². The predicted octanol–water partition coefficient (Wildman–Crippen LogP) is 3.18. The van der Waals surface area contributed by atoms with Crippen LogP contribution in [0.4, 0.5) is 0 Å². The quantitative estimate of drug-likeness (QED) is 0.829. The van der Waals surface area contributed by atoms with E-state index >= 15 is 0 Å². The summed E-state index contributed by atoms with van der Waals surface area (Å²) in [7, 11) is 0. The third-order valence-corrected chi connectivity index (χ3v) is 3.63. The molecule has 100 valence electrons. The molecule has 1 unspecified atom stereocenters. The van der Waals surface area contributed by atoms with E-state index in [0.717, 1.165) is 0 Å². The van der Waals surface area contributed by atoms with Crippen molar-refractivity contribution in [2.75, 3.05) is 0 Å². The number of rotatable bonds is 4. The number of fused-ring (bicyclic) bond motifs is 1. The highest BCUT2D eigenvalue weighted by molar-refractivity contribution is 9.10. The summed E-state index contributed by atoms with van der Waals surface area (Å²) in [4.78, 5) is 21.1. The van der Waals surface area contributed by atoms with Crippen LogP contribution in [0, 0.1) is 0 Å². The third-order valence-electron chi connectivity index (χ3n) is 2.62. The lowest BCUT2D eigenvalue weighted by Gasteiger charge is -2.03. The number of alkyl halides is 1. The van der Waals surface area contributed by atoms with E-state index in [-0.39, 0.29) is 22.8 Å². The molecule has 1 heterocycles. The smallest absolute Gasteiger partial charge is 0.372 e. The largest absolute Gasteiger partial charge is 0.480 e. The van der Waals surface area contributed by atoms with Gasteiger partial charge >= 0.3 is 11.9 Å². The molecule has 0 bridgehead atoms. The van der Waals surface area contributed by atoms with Crippen LogP contribution < -0.4 is 0 Å². The minimum atomic E-state index is -1.26. The SMILES string of the molecule is O=C(O)c1oc2c(Cl)cccc2c1CC(Br)C(=O)O. The molecule has 1 aromatic carbocycles. The average molecular weight is 348 g/mol. The van der Waals surface area contributed by atoms with Gasteiger partial charge in [0.1, 0.15) is 4.83 Å². The van der Waals surface area contributed by atoms with Gasteiger partial charge in [0.05, 0.1) is 5.02 Å². The molecule has 0 amide bonds. The van der Waals surface area contributed by atoms with E-state index in [2.05, 4.69) is 15.9 Å². The fourth-order valence-corrected chi connectivity index (χ4v) is 2.31. The summed E-state index contributed by atoms with van der Waals surface area (Å²) in [6.45, 7) is 0. The van der Waals surface area contributed by atoms with E-state index < -0.39 is 16.8 Å². The van der Waals surface area contributed by atoms with E-state index in [1.807, 2.05) is 0 Å². The molecule has 0 radical (unpaired) electrons. The summed E-state index contributed by atoms with van der Waals surface area (Å²) in [5, 5.41) is 18.8. The zero-order valence-electron chi connectivity index (χ0n) is 9.39. The number of aromatic carboxylic acids is 1. The molecule has 0 saturated heterocycles. The van der Waals surface area contributed by atoms with Crippen molar-refractivity contribution < 1.29 is 24.2 Å².